The first kappa shape index (κ1) is 16.2. The van der Waals surface area contributed by atoms with Gasteiger partial charge in [0.05, 0.1) is 12.3 Å². The third kappa shape index (κ3) is 3.03. The summed E-state index contributed by atoms with van der Waals surface area (Å²) in [6, 6.07) is 7.64. The Morgan fingerprint density at radius 2 is 2.12 bits per heavy atom. The zero-order chi connectivity index (χ0) is 17.3. The first-order valence-corrected chi connectivity index (χ1v) is 8.17. The lowest BCUT2D eigenvalue weighted by molar-refractivity contribution is 0.0533. The number of aromatic nitrogens is 1. The van der Waals surface area contributed by atoms with Crippen LogP contribution in [0.4, 0.5) is 15.8 Å². The number of anilines is 2. The number of esters is 1. The minimum absolute atomic E-state index is 0.247. The van der Waals surface area contributed by atoms with Gasteiger partial charge in [-0.2, -0.15) is 0 Å². The summed E-state index contributed by atoms with van der Waals surface area (Å²) in [5, 5.41) is 3.84. The lowest BCUT2D eigenvalue weighted by Crippen LogP contribution is -2.05. The molecule has 2 N–H and O–H groups in total. The number of thiophene rings is 1. The molecule has 24 heavy (non-hydrogen) atoms. The van der Waals surface area contributed by atoms with Crippen LogP contribution in [0.1, 0.15) is 22.2 Å². The molecule has 2 heterocycles. The Morgan fingerprint density at radius 3 is 2.83 bits per heavy atom. The third-order valence-electron chi connectivity index (χ3n) is 3.47. The van der Waals surface area contributed by atoms with Crippen LogP contribution in [0.15, 0.2) is 35.1 Å². The summed E-state index contributed by atoms with van der Waals surface area (Å²) in [5.41, 5.74) is 1.43. The Bertz CT molecular complexity index is 978. The molecule has 0 aliphatic rings. The van der Waals surface area contributed by atoms with Crippen molar-refractivity contribution in [3.05, 3.63) is 56.9 Å². The van der Waals surface area contributed by atoms with E-state index in [9.17, 15) is 14.0 Å². The predicted octanol–water partition coefficient (Wildman–Crippen LogP) is 3.96. The molecular formula is C17H15FN2O3S. The normalized spacial score (nSPS) is 10.8. The highest BCUT2D eigenvalue weighted by atomic mass is 32.1. The number of benzene rings is 1. The molecule has 0 spiro atoms. The molecule has 7 heteroatoms. The summed E-state index contributed by atoms with van der Waals surface area (Å²) < 4.78 is 18.5. The van der Waals surface area contributed by atoms with Gasteiger partial charge in [-0.3, -0.25) is 4.79 Å². The molecule has 0 atom stereocenters. The summed E-state index contributed by atoms with van der Waals surface area (Å²) in [6.07, 6.45) is 0. The van der Waals surface area contributed by atoms with E-state index in [2.05, 4.69) is 10.3 Å². The van der Waals surface area contributed by atoms with E-state index in [0.29, 0.717) is 32.0 Å². The van der Waals surface area contributed by atoms with Crippen LogP contribution in [0.25, 0.3) is 10.2 Å². The van der Waals surface area contributed by atoms with Crippen LogP contribution >= 0.6 is 11.3 Å². The standard InChI is InChI=1S/C17H15FN2O3S/c1-3-23-17(22)15-14(11-5-7-13(21)20-16(11)24-15)19-10-4-6-12(18)9(2)8-10/h4-8,19H,3H2,1-2H3,(H,20,21). The van der Waals surface area contributed by atoms with Gasteiger partial charge in [0, 0.05) is 17.1 Å². The highest BCUT2D eigenvalue weighted by Gasteiger charge is 2.20. The van der Waals surface area contributed by atoms with Gasteiger partial charge in [0.15, 0.2) is 0 Å². The maximum absolute atomic E-state index is 13.4. The monoisotopic (exact) mass is 346 g/mol. The number of pyridine rings is 1. The number of carbonyl (C=O) groups excluding carboxylic acids is 1. The van der Waals surface area contributed by atoms with Crippen molar-refractivity contribution in [1.29, 1.82) is 0 Å². The third-order valence-corrected chi connectivity index (χ3v) is 4.57. The molecule has 0 fully saturated rings. The number of aromatic amines is 1. The molecule has 0 bridgehead atoms. The molecule has 0 saturated carbocycles. The Morgan fingerprint density at radius 1 is 1.33 bits per heavy atom. The van der Waals surface area contributed by atoms with Crippen LogP contribution in [0.5, 0.6) is 0 Å². The van der Waals surface area contributed by atoms with Crippen LogP contribution in [0.3, 0.4) is 0 Å². The van der Waals surface area contributed by atoms with Crippen LogP contribution in [-0.2, 0) is 4.74 Å². The van der Waals surface area contributed by atoms with Crippen molar-refractivity contribution in [3.63, 3.8) is 0 Å². The van der Waals surface area contributed by atoms with E-state index in [1.807, 2.05) is 0 Å². The van der Waals surface area contributed by atoms with Crippen LogP contribution in [0.2, 0.25) is 0 Å². The van der Waals surface area contributed by atoms with Crippen LogP contribution in [0, 0.1) is 12.7 Å². The van der Waals surface area contributed by atoms with Crippen molar-refractivity contribution in [2.45, 2.75) is 13.8 Å². The molecule has 0 aliphatic heterocycles. The topological polar surface area (TPSA) is 71.2 Å². The summed E-state index contributed by atoms with van der Waals surface area (Å²) in [5.74, 6) is -0.772. The second kappa shape index (κ2) is 6.45. The summed E-state index contributed by atoms with van der Waals surface area (Å²) in [6.45, 7) is 3.64. The summed E-state index contributed by atoms with van der Waals surface area (Å²) >= 11 is 1.15. The predicted molar refractivity (Wildman–Crippen MR) is 92.8 cm³/mol. The fraction of sp³-hybridized carbons (Fsp3) is 0.176. The maximum atomic E-state index is 13.4. The Kier molecular flexibility index (Phi) is 4.35. The van der Waals surface area contributed by atoms with E-state index >= 15 is 0 Å². The number of aryl methyl sites for hydroxylation is 1. The largest absolute Gasteiger partial charge is 0.462 e. The van der Waals surface area contributed by atoms with E-state index in [0.717, 1.165) is 11.3 Å². The molecule has 0 amide bonds. The molecule has 0 unspecified atom stereocenters. The first-order chi connectivity index (χ1) is 11.5. The second-order valence-corrected chi connectivity index (χ2v) is 6.20. The Balaban J connectivity index is 2.12. The molecule has 0 saturated heterocycles. The lowest BCUT2D eigenvalue weighted by Gasteiger charge is -2.09. The molecule has 5 nitrogen and oxygen atoms in total. The number of nitrogens with one attached hydrogen (secondary N) is 2. The second-order valence-electron chi connectivity index (χ2n) is 5.18. The number of H-pyrrole nitrogens is 1. The number of carbonyl (C=O) groups is 1. The van der Waals surface area contributed by atoms with E-state index in [1.165, 1.54) is 12.1 Å². The summed E-state index contributed by atoms with van der Waals surface area (Å²) in [4.78, 5) is 27.4. The van der Waals surface area contributed by atoms with Crippen molar-refractivity contribution in [2.75, 3.05) is 11.9 Å². The molecule has 0 aliphatic carbocycles. The quantitative estimate of drug-likeness (QED) is 0.702. The molecule has 2 aromatic heterocycles. The van der Waals surface area contributed by atoms with Gasteiger partial charge < -0.3 is 15.0 Å². The molecule has 124 valence electrons. The number of rotatable bonds is 4. The fourth-order valence-corrected chi connectivity index (χ4v) is 3.38. The van der Waals surface area contributed by atoms with E-state index in [-0.39, 0.29) is 18.0 Å². The molecular weight excluding hydrogens is 331 g/mol. The van der Waals surface area contributed by atoms with Crippen LogP contribution in [-0.4, -0.2) is 17.6 Å². The van der Waals surface area contributed by atoms with Gasteiger partial charge >= 0.3 is 5.97 Å². The van der Waals surface area contributed by atoms with Gasteiger partial charge in [-0.25, -0.2) is 9.18 Å². The van der Waals surface area contributed by atoms with Crippen molar-refractivity contribution in [2.24, 2.45) is 0 Å². The van der Waals surface area contributed by atoms with E-state index in [1.54, 1.807) is 32.0 Å². The van der Waals surface area contributed by atoms with Gasteiger partial charge in [0.25, 0.3) is 0 Å². The van der Waals surface area contributed by atoms with Gasteiger partial charge in [-0.15, -0.1) is 11.3 Å². The molecule has 1 aromatic carbocycles. The van der Waals surface area contributed by atoms with E-state index < -0.39 is 5.97 Å². The fourth-order valence-electron chi connectivity index (χ4n) is 2.34. The van der Waals surface area contributed by atoms with Crippen molar-refractivity contribution in [1.82, 2.24) is 4.98 Å². The highest BCUT2D eigenvalue weighted by Crippen LogP contribution is 2.36. The maximum Gasteiger partial charge on any atom is 0.350 e. The number of hydrogen-bond donors (Lipinski definition) is 2. The van der Waals surface area contributed by atoms with Gasteiger partial charge in [-0.05, 0) is 43.7 Å². The molecule has 3 aromatic rings. The number of ether oxygens (including phenoxy) is 1. The van der Waals surface area contributed by atoms with Crippen molar-refractivity contribution in [3.8, 4) is 0 Å². The minimum atomic E-state index is -0.471. The number of halogens is 1. The SMILES string of the molecule is CCOC(=O)c1sc2[nH]c(=O)ccc2c1Nc1ccc(F)c(C)c1. The zero-order valence-corrected chi connectivity index (χ0v) is 13.9. The molecule has 3 rings (SSSR count). The Hall–Kier alpha value is -2.67. The van der Waals surface area contributed by atoms with Crippen molar-refractivity contribution >= 4 is 38.9 Å². The summed E-state index contributed by atoms with van der Waals surface area (Å²) in [7, 11) is 0. The average molecular weight is 346 g/mol. The van der Waals surface area contributed by atoms with Gasteiger partial charge in [-0.1, -0.05) is 0 Å². The smallest absolute Gasteiger partial charge is 0.350 e. The van der Waals surface area contributed by atoms with Gasteiger partial charge in [0.2, 0.25) is 5.56 Å². The van der Waals surface area contributed by atoms with Crippen molar-refractivity contribution < 1.29 is 13.9 Å². The molecule has 0 radical (unpaired) electrons. The number of hydrogen-bond acceptors (Lipinski definition) is 5. The average Bonchev–Trinajstić information content (AvgIpc) is 2.89. The Labute approximate surface area is 141 Å². The lowest BCUT2D eigenvalue weighted by atomic mass is 10.2. The minimum Gasteiger partial charge on any atom is -0.462 e. The van der Waals surface area contributed by atoms with E-state index in [4.69, 9.17) is 4.74 Å². The highest BCUT2D eigenvalue weighted by molar-refractivity contribution is 7.21. The number of fused-ring (bicyclic) bond motifs is 1. The van der Waals surface area contributed by atoms with Crippen LogP contribution < -0.4 is 10.9 Å². The first-order valence-electron chi connectivity index (χ1n) is 7.35. The van der Waals surface area contributed by atoms with Gasteiger partial charge in [0.1, 0.15) is 15.5 Å². The zero-order valence-electron chi connectivity index (χ0n) is 13.1.